The second-order valence-electron chi connectivity index (χ2n) is 5.84. The van der Waals surface area contributed by atoms with Crippen molar-refractivity contribution >= 4 is 46.4 Å². The smallest absolute Gasteiger partial charge is 0.265 e. The van der Waals surface area contributed by atoms with Gasteiger partial charge in [0.25, 0.3) is 5.91 Å². The van der Waals surface area contributed by atoms with Gasteiger partial charge in [0, 0.05) is 0 Å². The number of benzene rings is 2. The van der Waals surface area contributed by atoms with Crippen molar-refractivity contribution in [2.45, 2.75) is 39.2 Å². The highest BCUT2D eigenvalue weighted by atomic mass is 35.5. The Bertz CT molecular complexity index is 764. The van der Waals surface area contributed by atoms with Gasteiger partial charge in [-0.25, -0.2) is 0 Å². The molecule has 6 heteroatoms. The molecular formula is C19H20Cl3NO2. The minimum Gasteiger partial charge on any atom is -0.481 e. The first-order valence-electron chi connectivity index (χ1n) is 8.04. The SMILES string of the molecule is CCC(C)c1ccccc1OC(C)C(=O)Nc1cc(Cl)c(Cl)cc1Cl. The maximum absolute atomic E-state index is 12.4. The van der Waals surface area contributed by atoms with Crippen molar-refractivity contribution in [2.24, 2.45) is 0 Å². The van der Waals surface area contributed by atoms with Crippen LogP contribution in [0.1, 0.15) is 38.7 Å². The van der Waals surface area contributed by atoms with Gasteiger partial charge in [0.1, 0.15) is 5.75 Å². The summed E-state index contributed by atoms with van der Waals surface area (Å²) in [6.07, 6.45) is 0.288. The fraction of sp³-hybridized carbons (Fsp3) is 0.316. The van der Waals surface area contributed by atoms with Crippen LogP contribution in [0.3, 0.4) is 0 Å². The molecule has 0 saturated heterocycles. The standard InChI is InChI=1S/C19H20Cl3NO2/c1-4-11(2)13-7-5-6-8-18(13)25-12(3)19(24)23-17-10-15(21)14(20)9-16(17)22/h5-12H,4H2,1-3H3,(H,23,24). The molecule has 2 rings (SSSR count). The molecule has 2 aromatic rings. The Balaban J connectivity index is 2.13. The summed E-state index contributed by atoms with van der Waals surface area (Å²) in [4.78, 5) is 12.4. The van der Waals surface area contributed by atoms with Gasteiger partial charge in [-0.15, -0.1) is 0 Å². The Morgan fingerprint density at radius 2 is 1.72 bits per heavy atom. The van der Waals surface area contributed by atoms with Crippen LogP contribution in [-0.4, -0.2) is 12.0 Å². The van der Waals surface area contributed by atoms with Crippen LogP contribution < -0.4 is 10.1 Å². The molecule has 0 fully saturated rings. The lowest BCUT2D eigenvalue weighted by molar-refractivity contribution is -0.122. The van der Waals surface area contributed by atoms with Crippen LogP contribution in [0.5, 0.6) is 5.75 Å². The highest BCUT2D eigenvalue weighted by molar-refractivity contribution is 6.44. The molecule has 134 valence electrons. The van der Waals surface area contributed by atoms with Crippen molar-refractivity contribution in [1.29, 1.82) is 0 Å². The van der Waals surface area contributed by atoms with E-state index in [1.165, 1.54) is 12.1 Å². The molecule has 0 aliphatic carbocycles. The zero-order chi connectivity index (χ0) is 18.6. The summed E-state index contributed by atoms with van der Waals surface area (Å²) in [5, 5.41) is 3.68. The Labute approximate surface area is 163 Å². The second-order valence-corrected chi connectivity index (χ2v) is 7.06. The molecule has 0 radical (unpaired) electrons. The van der Waals surface area contributed by atoms with Crippen LogP contribution >= 0.6 is 34.8 Å². The number of ether oxygens (including phenoxy) is 1. The van der Waals surface area contributed by atoms with Crippen LogP contribution in [0.2, 0.25) is 15.1 Å². The van der Waals surface area contributed by atoms with Gasteiger partial charge in [-0.2, -0.15) is 0 Å². The van der Waals surface area contributed by atoms with Crippen LogP contribution in [0.15, 0.2) is 36.4 Å². The predicted molar refractivity (Wildman–Crippen MR) is 105 cm³/mol. The minimum absolute atomic E-state index is 0.315. The van der Waals surface area contributed by atoms with Crippen LogP contribution in [0.25, 0.3) is 0 Å². The first kappa shape index (κ1) is 19.9. The molecule has 0 aliphatic rings. The van der Waals surface area contributed by atoms with E-state index in [0.717, 1.165) is 12.0 Å². The summed E-state index contributed by atoms with van der Waals surface area (Å²) in [5.41, 5.74) is 1.48. The monoisotopic (exact) mass is 399 g/mol. The number of carbonyl (C=O) groups is 1. The number of hydrogen-bond acceptors (Lipinski definition) is 2. The molecule has 3 nitrogen and oxygen atoms in total. The van der Waals surface area contributed by atoms with Crippen molar-refractivity contribution < 1.29 is 9.53 Å². The molecule has 0 bridgehead atoms. The van der Waals surface area contributed by atoms with E-state index < -0.39 is 6.10 Å². The van der Waals surface area contributed by atoms with E-state index in [1.807, 2.05) is 24.3 Å². The van der Waals surface area contributed by atoms with Crippen molar-refractivity contribution in [3.63, 3.8) is 0 Å². The van der Waals surface area contributed by atoms with E-state index in [2.05, 4.69) is 19.2 Å². The van der Waals surface area contributed by atoms with E-state index in [1.54, 1.807) is 6.92 Å². The highest BCUT2D eigenvalue weighted by Gasteiger charge is 2.19. The molecule has 0 heterocycles. The third kappa shape index (κ3) is 5.04. The zero-order valence-electron chi connectivity index (χ0n) is 14.3. The molecule has 0 aliphatic heterocycles. The number of nitrogens with one attached hydrogen (secondary N) is 1. The van der Waals surface area contributed by atoms with E-state index >= 15 is 0 Å². The molecule has 2 atom stereocenters. The molecular weight excluding hydrogens is 381 g/mol. The number of hydrogen-bond donors (Lipinski definition) is 1. The Morgan fingerprint density at radius 1 is 1.08 bits per heavy atom. The molecule has 1 amide bonds. The first-order chi connectivity index (χ1) is 11.8. The number of anilines is 1. The fourth-order valence-corrected chi connectivity index (χ4v) is 2.91. The van der Waals surface area contributed by atoms with Crippen molar-refractivity contribution in [3.8, 4) is 5.75 Å². The van der Waals surface area contributed by atoms with Gasteiger partial charge >= 0.3 is 0 Å². The lowest BCUT2D eigenvalue weighted by atomic mass is 9.98. The number of amides is 1. The predicted octanol–water partition coefficient (Wildman–Crippen LogP) is 6.57. The highest BCUT2D eigenvalue weighted by Crippen LogP contribution is 2.33. The van der Waals surface area contributed by atoms with E-state index in [0.29, 0.717) is 32.4 Å². The topological polar surface area (TPSA) is 38.3 Å². The second kappa shape index (κ2) is 8.79. The van der Waals surface area contributed by atoms with Gasteiger partial charge in [-0.3, -0.25) is 4.79 Å². The lowest BCUT2D eigenvalue weighted by Gasteiger charge is -2.20. The summed E-state index contributed by atoms with van der Waals surface area (Å²) >= 11 is 18.0. The number of para-hydroxylation sites is 1. The molecule has 0 aromatic heterocycles. The average Bonchev–Trinajstić information content (AvgIpc) is 2.59. The first-order valence-corrected chi connectivity index (χ1v) is 9.17. The molecule has 0 saturated carbocycles. The largest absolute Gasteiger partial charge is 0.481 e. The van der Waals surface area contributed by atoms with Crippen LogP contribution in [-0.2, 0) is 4.79 Å². The normalized spacial score (nSPS) is 13.2. The Kier molecular flexibility index (Phi) is 7.00. The quantitative estimate of drug-likeness (QED) is 0.557. The summed E-state index contributed by atoms with van der Waals surface area (Å²) in [6, 6.07) is 10.8. The van der Waals surface area contributed by atoms with Gasteiger partial charge < -0.3 is 10.1 Å². The maximum Gasteiger partial charge on any atom is 0.265 e. The van der Waals surface area contributed by atoms with Gasteiger partial charge in [-0.05, 0) is 43.0 Å². The summed E-state index contributed by atoms with van der Waals surface area (Å²) in [6.45, 7) is 5.93. The van der Waals surface area contributed by atoms with E-state index in [4.69, 9.17) is 39.5 Å². The van der Waals surface area contributed by atoms with Gasteiger partial charge in [0.2, 0.25) is 0 Å². The third-order valence-corrected chi connectivity index (χ3v) is 5.04. The van der Waals surface area contributed by atoms with Crippen LogP contribution in [0, 0.1) is 0 Å². The molecule has 2 aromatic carbocycles. The molecule has 1 N–H and O–H groups in total. The fourth-order valence-electron chi connectivity index (χ4n) is 2.31. The average molecular weight is 401 g/mol. The summed E-state index contributed by atoms with van der Waals surface area (Å²) in [5.74, 6) is 0.731. The Hall–Kier alpha value is -1.42. The Morgan fingerprint density at radius 3 is 2.40 bits per heavy atom. The van der Waals surface area contributed by atoms with E-state index in [-0.39, 0.29) is 5.91 Å². The van der Waals surface area contributed by atoms with Crippen molar-refractivity contribution in [3.05, 3.63) is 57.0 Å². The molecule has 0 spiro atoms. The summed E-state index contributed by atoms with van der Waals surface area (Å²) in [7, 11) is 0. The van der Waals surface area contributed by atoms with E-state index in [9.17, 15) is 4.79 Å². The molecule has 2 unspecified atom stereocenters. The summed E-state index contributed by atoms with van der Waals surface area (Å²) < 4.78 is 5.88. The van der Waals surface area contributed by atoms with Gasteiger partial charge in [0.15, 0.2) is 6.10 Å². The van der Waals surface area contributed by atoms with Gasteiger partial charge in [-0.1, -0.05) is 66.8 Å². The van der Waals surface area contributed by atoms with Crippen molar-refractivity contribution in [2.75, 3.05) is 5.32 Å². The third-order valence-electron chi connectivity index (χ3n) is 4.00. The molecule has 25 heavy (non-hydrogen) atoms. The zero-order valence-corrected chi connectivity index (χ0v) is 16.5. The minimum atomic E-state index is -0.698. The number of carbonyl (C=O) groups excluding carboxylic acids is 1. The lowest BCUT2D eigenvalue weighted by Crippen LogP contribution is -2.30. The number of halogens is 3. The van der Waals surface area contributed by atoms with Gasteiger partial charge in [0.05, 0.1) is 20.8 Å². The number of rotatable bonds is 6. The van der Waals surface area contributed by atoms with Crippen molar-refractivity contribution in [1.82, 2.24) is 0 Å². The van der Waals surface area contributed by atoms with Crippen LogP contribution in [0.4, 0.5) is 5.69 Å². The maximum atomic E-state index is 12.4.